The molecule has 1 aromatic rings. The average Bonchev–Trinajstić information content (AvgIpc) is 2.35. The van der Waals surface area contributed by atoms with Gasteiger partial charge in [-0.1, -0.05) is 25.1 Å². The number of allylic oxidation sites excluding steroid dienone is 3. The number of rotatable bonds is 5. The van der Waals surface area contributed by atoms with Gasteiger partial charge in [0.15, 0.2) is 0 Å². The maximum absolute atomic E-state index is 5.72. The van der Waals surface area contributed by atoms with Crippen molar-refractivity contribution in [3.8, 4) is 5.75 Å². The molecule has 16 heavy (non-hydrogen) atoms. The van der Waals surface area contributed by atoms with Crippen LogP contribution in [0.25, 0.3) is 0 Å². The van der Waals surface area contributed by atoms with Crippen molar-refractivity contribution in [2.45, 2.75) is 26.1 Å². The zero-order valence-electron chi connectivity index (χ0n) is 9.74. The topological polar surface area (TPSA) is 9.23 Å². The standard InChI is InChI=1S/C14H17ClO/c1-3-5-6-13(4-2)16-14-9-7-12(11-15)8-10-14/h4-10H,3,11H2,1-2H3/b6-5-,13-4+. The number of ether oxygens (including phenoxy) is 1. The second kappa shape index (κ2) is 7.13. The summed E-state index contributed by atoms with van der Waals surface area (Å²) in [7, 11) is 0. The summed E-state index contributed by atoms with van der Waals surface area (Å²) in [5, 5.41) is 0. The Morgan fingerprint density at radius 3 is 2.50 bits per heavy atom. The molecule has 0 saturated carbocycles. The van der Waals surface area contributed by atoms with E-state index in [0.29, 0.717) is 5.88 Å². The third-order valence-electron chi connectivity index (χ3n) is 2.12. The van der Waals surface area contributed by atoms with Crippen LogP contribution in [0.3, 0.4) is 0 Å². The van der Waals surface area contributed by atoms with Gasteiger partial charge in [0.05, 0.1) is 0 Å². The van der Waals surface area contributed by atoms with Crippen LogP contribution in [-0.4, -0.2) is 0 Å². The molecule has 0 radical (unpaired) electrons. The van der Waals surface area contributed by atoms with E-state index in [0.717, 1.165) is 23.5 Å². The first-order chi connectivity index (χ1) is 7.80. The fraction of sp³-hybridized carbons (Fsp3) is 0.286. The smallest absolute Gasteiger partial charge is 0.127 e. The van der Waals surface area contributed by atoms with Crippen LogP contribution in [0, 0.1) is 0 Å². The minimum absolute atomic E-state index is 0.534. The van der Waals surface area contributed by atoms with Crippen molar-refractivity contribution in [3.63, 3.8) is 0 Å². The highest BCUT2D eigenvalue weighted by atomic mass is 35.5. The summed E-state index contributed by atoms with van der Waals surface area (Å²) < 4.78 is 5.70. The second-order valence-corrected chi connectivity index (χ2v) is 3.65. The van der Waals surface area contributed by atoms with Crippen molar-refractivity contribution in [1.82, 2.24) is 0 Å². The summed E-state index contributed by atoms with van der Waals surface area (Å²) in [6.07, 6.45) is 7.01. The Morgan fingerprint density at radius 1 is 1.31 bits per heavy atom. The molecule has 1 nitrogen and oxygen atoms in total. The van der Waals surface area contributed by atoms with E-state index in [1.54, 1.807) is 0 Å². The first-order valence-electron chi connectivity index (χ1n) is 5.45. The van der Waals surface area contributed by atoms with E-state index < -0.39 is 0 Å². The van der Waals surface area contributed by atoms with Crippen molar-refractivity contribution < 1.29 is 4.74 Å². The summed E-state index contributed by atoms with van der Waals surface area (Å²) >= 11 is 5.72. The predicted molar refractivity (Wildman–Crippen MR) is 69.8 cm³/mol. The highest BCUT2D eigenvalue weighted by Crippen LogP contribution is 2.16. The highest BCUT2D eigenvalue weighted by molar-refractivity contribution is 6.17. The normalized spacial score (nSPS) is 12.1. The van der Waals surface area contributed by atoms with Crippen LogP contribution < -0.4 is 4.74 Å². The lowest BCUT2D eigenvalue weighted by molar-refractivity contribution is 0.443. The van der Waals surface area contributed by atoms with Crippen LogP contribution in [0.2, 0.25) is 0 Å². The zero-order chi connectivity index (χ0) is 11.8. The first kappa shape index (κ1) is 12.9. The molecule has 0 aliphatic carbocycles. The Labute approximate surface area is 102 Å². The van der Waals surface area contributed by atoms with Gasteiger partial charge in [0, 0.05) is 5.88 Å². The van der Waals surface area contributed by atoms with Crippen molar-refractivity contribution in [2.75, 3.05) is 0 Å². The number of benzene rings is 1. The van der Waals surface area contributed by atoms with E-state index in [1.807, 2.05) is 43.3 Å². The van der Waals surface area contributed by atoms with Gasteiger partial charge < -0.3 is 4.74 Å². The third kappa shape index (κ3) is 4.11. The molecule has 2 heteroatoms. The molecule has 0 atom stereocenters. The second-order valence-electron chi connectivity index (χ2n) is 3.38. The summed E-state index contributed by atoms with van der Waals surface area (Å²) in [6, 6.07) is 7.81. The highest BCUT2D eigenvalue weighted by Gasteiger charge is 1.96. The summed E-state index contributed by atoms with van der Waals surface area (Å²) in [5.41, 5.74) is 1.10. The monoisotopic (exact) mass is 236 g/mol. The molecule has 0 aromatic heterocycles. The summed E-state index contributed by atoms with van der Waals surface area (Å²) in [6.45, 7) is 4.06. The molecular formula is C14H17ClO. The van der Waals surface area contributed by atoms with Gasteiger partial charge >= 0.3 is 0 Å². The van der Waals surface area contributed by atoms with Gasteiger partial charge in [0.1, 0.15) is 11.5 Å². The number of alkyl halides is 1. The van der Waals surface area contributed by atoms with Gasteiger partial charge in [0.25, 0.3) is 0 Å². The Bertz CT molecular complexity index is 363. The van der Waals surface area contributed by atoms with Crippen molar-refractivity contribution in [2.24, 2.45) is 0 Å². The van der Waals surface area contributed by atoms with E-state index >= 15 is 0 Å². The minimum Gasteiger partial charge on any atom is -0.458 e. The molecule has 0 heterocycles. The predicted octanol–water partition coefficient (Wildman–Crippen LogP) is 4.67. The molecule has 1 aromatic carbocycles. The zero-order valence-corrected chi connectivity index (χ0v) is 10.5. The summed E-state index contributed by atoms with van der Waals surface area (Å²) in [5.74, 6) is 2.23. The lowest BCUT2D eigenvalue weighted by Crippen LogP contribution is -1.91. The largest absolute Gasteiger partial charge is 0.458 e. The van der Waals surface area contributed by atoms with Crippen LogP contribution in [0.4, 0.5) is 0 Å². The Balaban J connectivity index is 2.67. The molecule has 0 fully saturated rings. The Kier molecular flexibility index (Phi) is 5.73. The summed E-state index contributed by atoms with van der Waals surface area (Å²) in [4.78, 5) is 0. The molecule has 0 aliphatic rings. The molecule has 0 unspecified atom stereocenters. The Morgan fingerprint density at radius 2 is 2.00 bits per heavy atom. The van der Waals surface area contributed by atoms with Crippen LogP contribution in [0.5, 0.6) is 5.75 Å². The molecule has 0 N–H and O–H groups in total. The van der Waals surface area contributed by atoms with Gasteiger partial charge in [-0.2, -0.15) is 0 Å². The lowest BCUT2D eigenvalue weighted by atomic mass is 10.2. The molecular weight excluding hydrogens is 220 g/mol. The van der Waals surface area contributed by atoms with Crippen LogP contribution in [-0.2, 0) is 5.88 Å². The van der Waals surface area contributed by atoms with E-state index in [-0.39, 0.29) is 0 Å². The quantitative estimate of drug-likeness (QED) is 0.410. The van der Waals surface area contributed by atoms with Crippen molar-refractivity contribution >= 4 is 11.6 Å². The van der Waals surface area contributed by atoms with E-state index in [9.17, 15) is 0 Å². The number of hydrogen-bond acceptors (Lipinski definition) is 1. The number of hydrogen-bond donors (Lipinski definition) is 0. The van der Waals surface area contributed by atoms with Gasteiger partial charge in [-0.15, -0.1) is 11.6 Å². The molecule has 0 amide bonds. The Hall–Kier alpha value is -1.21. The fourth-order valence-corrected chi connectivity index (χ4v) is 1.38. The van der Waals surface area contributed by atoms with Gasteiger partial charge in [-0.3, -0.25) is 0 Å². The molecule has 0 aliphatic heterocycles. The van der Waals surface area contributed by atoms with E-state index in [4.69, 9.17) is 16.3 Å². The van der Waals surface area contributed by atoms with Gasteiger partial charge in [-0.05, 0) is 43.2 Å². The van der Waals surface area contributed by atoms with Crippen LogP contribution >= 0.6 is 11.6 Å². The SMILES string of the molecule is C/C=C(\C=C/CC)Oc1ccc(CCl)cc1. The van der Waals surface area contributed by atoms with Crippen molar-refractivity contribution in [1.29, 1.82) is 0 Å². The maximum atomic E-state index is 5.72. The van der Waals surface area contributed by atoms with Crippen LogP contribution in [0.1, 0.15) is 25.8 Å². The van der Waals surface area contributed by atoms with Crippen molar-refractivity contribution in [3.05, 3.63) is 53.8 Å². The average molecular weight is 237 g/mol. The molecule has 1 rings (SSSR count). The van der Waals surface area contributed by atoms with Crippen LogP contribution in [0.15, 0.2) is 48.3 Å². The molecule has 0 spiro atoms. The fourth-order valence-electron chi connectivity index (χ4n) is 1.21. The third-order valence-corrected chi connectivity index (χ3v) is 2.42. The number of halogens is 1. The van der Waals surface area contributed by atoms with E-state index in [2.05, 4.69) is 13.0 Å². The molecule has 0 saturated heterocycles. The van der Waals surface area contributed by atoms with Gasteiger partial charge in [0.2, 0.25) is 0 Å². The molecule has 86 valence electrons. The van der Waals surface area contributed by atoms with Gasteiger partial charge in [-0.25, -0.2) is 0 Å². The minimum atomic E-state index is 0.534. The lowest BCUT2D eigenvalue weighted by Gasteiger charge is -2.06. The molecule has 0 bridgehead atoms. The maximum Gasteiger partial charge on any atom is 0.127 e. The first-order valence-corrected chi connectivity index (χ1v) is 5.99. The van der Waals surface area contributed by atoms with E-state index in [1.165, 1.54) is 0 Å².